The van der Waals surface area contributed by atoms with E-state index in [1.165, 1.54) is 70.6 Å². The lowest BCUT2D eigenvalue weighted by Crippen LogP contribution is -2.57. The molecule has 0 aromatic rings. The van der Waals surface area contributed by atoms with Crippen LogP contribution in [0, 0.1) is 63.6 Å². The van der Waals surface area contributed by atoms with E-state index in [-0.39, 0.29) is 0 Å². The first kappa shape index (κ1) is 22.7. The molecule has 178 valence electrons. The van der Waals surface area contributed by atoms with E-state index in [9.17, 15) is 0 Å². The molecule has 0 radical (unpaired) electrons. The minimum Gasteiger partial charge on any atom is -0.381 e. The molecule has 0 saturated heterocycles. The van der Waals surface area contributed by atoms with Crippen molar-refractivity contribution in [2.45, 2.75) is 118 Å². The summed E-state index contributed by atoms with van der Waals surface area (Å²) in [7, 11) is 2.04. The highest BCUT2D eigenvalue weighted by molar-refractivity contribution is 5.26. The Morgan fingerprint density at radius 1 is 0.935 bits per heavy atom. The molecule has 1 heteroatoms. The SMILES string of the molecule is CC[C@H](CC[C@@H](C)[C@H]1CC[C@H]2[C@@H]3CC(OC)[C@]45C[C@H]4CC[C@]5(C)[C@H]3CC[C@]12C)C(C)C. The largest absolute Gasteiger partial charge is 0.381 e. The number of methoxy groups -OCH3 is 1. The highest BCUT2D eigenvalue weighted by atomic mass is 16.5. The third-order valence-electron chi connectivity index (χ3n) is 13.0. The summed E-state index contributed by atoms with van der Waals surface area (Å²) in [5, 5.41) is 0. The zero-order valence-corrected chi connectivity index (χ0v) is 21.9. The maximum Gasteiger partial charge on any atom is 0.0638 e. The van der Waals surface area contributed by atoms with Crippen molar-refractivity contribution in [1.29, 1.82) is 0 Å². The van der Waals surface area contributed by atoms with Crippen LogP contribution < -0.4 is 0 Å². The molecular weight excluding hydrogens is 376 g/mol. The summed E-state index contributed by atoms with van der Waals surface area (Å²) in [5.41, 5.74) is 1.76. The third-order valence-corrected chi connectivity index (χ3v) is 13.0. The van der Waals surface area contributed by atoms with Crippen LogP contribution in [0.4, 0.5) is 0 Å². The molecule has 11 atom stereocenters. The second-order valence-electron chi connectivity index (χ2n) is 13.9. The summed E-state index contributed by atoms with van der Waals surface area (Å²) < 4.78 is 6.32. The predicted octanol–water partition coefficient (Wildman–Crippen LogP) is 8.37. The molecule has 0 aromatic heterocycles. The van der Waals surface area contributed by atoms with Crippen LogP contribution in [0.1, 0.15) is 112 Å². The summed E-state index contributed by atoms with van der Waals surface area (Å²) in [6, 6.07) is 0. The Bertz CT molecular complexity index is 669. The van der Waals surface area contributed by atoms with E-state index in [2.05, 4.69) is 41.5 Å². The lowest BCUT2D eigenvalue weighted by Gasteiger charge is -2.61. The Morgan fingerprint density at radius 3 is 2.35 bits per heavy atom. The summed E-state index contributed by atoms with van der Waals surface area (Å²) in [5.74, 6) is 7.54. The highest BCUT2D eigenvalue weighted by Gasteiger charge is 2.77. The fourth-order valence-electron chi connectivity index (χ4n) is 11.2. The molecule has 31 heavy (non-hydrogen) atoms. The van der Waals surface area contributed by atoms with Crippen molar-refractivity contribution in [3.8, 4) is 0 Å². The van der Waals surface area contributed by atoms with E-state index in [1.807, 2.05) is 7.11 Å². The lowest BCUT2D eigenvalue weighted by molar-refractivity contribution is -0.161. The molecule has 5 fully saturated rings. The zero-order chi connectivity index (χ0) is 22.2. The van der Waals surface area contributed by atoms with Crippen LogP contribution in [0.5, 0.6) is 0 Å². The molecule has 0 heterocycles. The highest BCUT2D eigenvalue weighted by Crippen LogP contribution is 2.82. The summed E-state index contributed by atoms with van der Waals surface area (Å²) >= 11 is 0. The topological polar surface area (TPSA) is 9.23 Å². The number of ether oxygens (including phenoxy) is 1. The van der Waals surface area contributed by atoms with Gasteiger partial charge in [-0.3, -0.25) is 0 Å². The molecule has 0 amide bonds. The van der Waals surface area contributed by atoms with E-state index in [1.54, 1.807) is 0 Å². The van der Waals surface area contributed by atoms with Gasteiger partial charge in [-0.25, -0.2) is 0 Å². The third kappa shape index (κ3) is 3.03. The van der Waals surface area contributed by atoms with Gasteiger partial charge in [0, 0.05) is 12.5 Å². The van der Waals surface area contributed by atoms with Crippen molar-refractivity contribution in [3.63, 3.8) is 0 Å². The molecule has 1 spiro atoms. The maximum atomic E-state index is 6.32. The van der Waals surface area contributed by atoms with Crippen LogP contribution >= 0.6 is 0 Å². The molecule has 0 N–H and O–H groups in total. The van der Waals surface area contributed by atoms with Gasteiger partial charge in [0.05, 0.1) is 6.10 Å². The van der Waals surface area contributed by atoms with Gasteiger partial charge in [-0.05, 0) is 116 Å². The van der Waals surface area contributed by atoms with Gasteiger partial charge >= 0.3 is 0 Å². The fraction of sp³-hybridized carbons (Fsp3) is 1.00. The van der Waals surface area contributed by atoms with Crippen LogP contribution in [0.2, 0.25) is 0 Å². The standard InChI is InChI=1S/C30H52O/c1-8-21(19(2)3)10-9-20(4)24-11-12-25-23-17-27(31-7)30-18-22(30)13-16-29(30,6)26(23)14-15-28(24,25)5/h19-27H,8-18H2,1-7H3/t20-,21-,22-,23+,24-,25+,26+,27?,28-,29-,30+/m1/s1. The van der Waals surface area contributed by atoms with Crippen molar-refractivity contribution in [1.82, 2.24) is 0 Å². The quantitative estimate of drug-likeness (QED) is 0.396. The van der Waals surface area contributed by atoms with Gasteiger partial charge in [-0.15, -0.1) is 0 Å². The average Bonchev–Trinajstić information content (AvgIpc) is 3.24. The number of hydrogen-bond donors (Lipinski definition) is 0. The Labute approximate surface area is 193 Å². The summed E-state index contributed by atoms with van der Waals surface area (Å²) in [6.45, 7) is 15.4. The van der Waals surface area contributed by atoms with Gasteiger partial charge in [0.25, 0.3) is 0 Å². The van der Waals surface area contributed by atoms with Gasteiger partial charge in [0.15, 0.2) is 0 Å². The Morgan fingerprint density at radius 2 is 1.71 bits per heavy atom. The normalized spacial score (nSPS) is 52.3. The van der Waals surface area contributed by atoms with Gasteiger partial charge in [0.1, 0.15) is 0 Å². The minimum atomic E-state index is 0.557. The van der Waals surface area contributed by atoms with Crippen LogP contribution in [0.25, 0.3) is 0 Å². The van der Waals surface area contributed by atoms with Gasteiger partial charge in [-0.2, -0.15) is 0 Å². The lowest BCUT2D eigenvalue weighted by atomic mass is 9.45. The van der Waals surface area contributed by atoms with E-state index in [0.717, 1.165) is 47.3 Å². The van der Waals surface area contributed by atoms with Crippen molar-refractivity contribution in [3.05, 3.63) is 0 Å². The Kier molecular flexibility index (Phi) is 5.68. The van der Waals surface area contributed by atoms with Crippen LogP contribution in [0.15, 0.2) is 0 Å². The first-order valence-corrected chi connectivity index (χ1v) is 14.3. The second-order valence-corrected chi connectivity index (χ2v) is 13.9. The zero-order valence-electron chi connectivity index (χ0n) is 21.9. The van der Waals surface area contributed by atoms with Crippen molar-refractivity contribution >= 4 is 0 Å². The number of fused-ring (bicyclic) bond motifs is 4. The Balaban J connectivity index is 1.33. The second kappa shape index (κ2) is 7.74. The molecule has 1 nitrogen and oxygen atoms in total. The van der Waals surface area contributed by atoms with E-state index < -0.39 is 0 Å². The molecule has 0 aromatic carbocycles. The van der Waals surface area contributed by atoms with Crippen LogP contribution in [0.3, 0.4) is 0 Å². The van der Waals surface area contributed by atoms with Crippen molar-refractivity contribution in [2.75, 3.05) is 7.11 Å². The van der Waals surface area contributed by atoms with Gasteiger partial charge in [0.2, 0.25) is 0 Å². The van der Waals surface area contributed by atoms with Gasteiger partial charge < -0.3 is 4.74 Å². The molecule has 1 unspecified atom stereocenters. The van der Waals surface area contributed by atoms with Gasteiger partial charge in [-0.1, -0.05) is 54.4 Å². The smallest absolute Gasteiger partial charge is 0.0638 e. The monoisotopic (exact) mass is 428 g/mol. The predicted molar refractivity (Wildman–Crippen MR) is 131 cm³/mol. The number of hydrogen-bond acceptors (Lipinski definition) is 1. The molecule has 0 bridgehead atoms. The minimum absolute atomic E-state index is 0.557. The average molecular weight is 429 g/mol. The van der Waals surface area contributed by atoms with Crippen LogP contribution in [-0.4, -0.2) is 13.2 Å². The molecule has 0 aliphatic heterocycles. The first-order chi connectivity index (χ1) is 14.7. The molecule has 5 rings (SSSR count). The molecular formula is C30H52O. The van der Waals surface area contributed by atoms with Crippen molar-refractivity contribution < 1.29 is 4.74 Å². The Hall–Kier alpha value is -0.0400. The molecule has 5 aliphatic carbocycles. The van der Waals surface area contributed by atoms with Crippen molar-refractivity contribution in [2.24, 2.45) is 63.6 Å². The van der Waals surface area contributed by atoms with Crippen LogP contribution in [-0.2, 0) is 4.74 Å². The first-order valence-electron chi connectivity index (χ1n) is 14.3. The summed E-state index contributed by atoms with van der Waals surface area (Å²) in [6.07, 6.45) is 16.7. The maximum absolute atomic E-state index is 6.32. The molecule has 5 aliphatic rings. The fourth-order valence-corrected chi connectivity index (χ4v) is 11.2. The number of rotatable bonds is 7. The summed E-state index contributed by atoms with van der Waals surface area (Å²) in [4.78, 5) is 0. The van der Waals surface area contributed by atoms with E-state index in [0.29, 0.717) is 22.3 Å². The molecule has 5 saturated carbocycles. The van der Waals surface area contributed by atoms with E-state index in [4.69, 9.17) is 4.74 Å². The van der Waals surface area contributed by atoms with E-state index >= 15 is 0 Å².